The summed E-state index contributed by atoms with van der Waals surface area (Å²) in [6.07, 6.45) is 4.82. The normalized spacial score (nSPS) is 11.2. The summed E-state index contributed by atoms with van der Waals surface area (Å²) in [6.45, 7) is 0.449. The first-order valence-corrected chi connectivity index (χ1v) is 6.53. The molecule has 0 aliphatic rings. The van der Waals surface area contributed by atoms with Crippen molar-refractivity contribution in [3.05, 3.63) is 65.1 Å². The SMILES string of the molecule is C/[N+]([O-])=C/CC(=O)c1ccc(OCc2ccncc2)cc1. The first kappa shape index (κ1) is 14.7. The zero-order valence-electron chi connectivity index (χ0n) is 11.7. The molecule has 0 aliphatic heterocycles. The summed E-state index contributed by atoms with van der Waals surface area (Å²) in [5.41, 5.74) is 1.59. The van der Waals surface area contributed by atoms with Crippen LogP contribution in [0.4, 0.5) is 0 Å². The second-order valence-corrected chi connectivity index (χ2v) is 4.52. The highest BCUT2D eigenvalue weighted by atomic mass is 16.5. The molecule has 1 heterocycles. The molecule has 0 amide bonds. The molecule has 0 bridgehead atoms. The summed E-state index contributed by atoms with van der Waals surface area (Å²) in [5.74, 6) is 0.590. The lowest BCUT2D eigenvalue weighted by Gasteiger charge is -2.06. The Labute approximate surface area is 123 Å². The van der Waals surface area contributed by atoms with E-state index in [1.165, 1.54) is 13.3 Å². The minimum Gasteiger partial charge on any atom is -0.624 e. The second-order valence-electron chi connectivity index (χ2n) is 4.52. The number of hydroxylamine groups is 1. The van der Waals surface area contributed by atoms with Crippen molar-refractivity contribution in [1.82, 2.24) is 4.98 Å². The van der Waals surface area contributed by atoms with Crippen molar-refractivity contribution in [2.75, 3.05) is 7.05 Å². The molecule has 0 atom stereocenters. The Kier molecular flexibility index (Phi) is 5.04. The van der Waals surface area contributed by atoms with Gasteiger partial charge < -0.3 is 9.94 Å². The van der Waals surface area contributed by atoms with Crippen LogP contribution in [0.25, 0.3) is 0 Å². The minimum absolute atomic E-state index is 0.0945. The molecule has 5 heteroatoms. The third-order valence-corrected chi connectivity index (χ3v) is 2.86. The maximum atomic E-state index is 11.8. The van der Waals surface area contributed by atoms with Crippen molar-refractivity contribution in [2.24, 2.45) is 0 Å². The maximum Gasteiger partial charge on any atom is 0.172 e. The summed E-state index contributed by atoms with van der Waals surface area (Å²) in [4.78, 5) is 15.7. The highest BCUT2D eigenvalue weighted by molar-refractivity contribution is 6.02. The fourth-order valence-corrected chi connectivity index (χ4v) is 1.71. The van der Waals surface area contributed by atoms with E-state index in [0.717, 1.165) is 5.56 Å². The smallest absolute Gasteiger partial charge is 0.172 e. The lowest BCUT2D eigenvalue weighted by Crippen LogP contribution is -2.05. The van der Waals surface area contributed by atoms with Crippen LogP contribution in [0.5, 0.6) is 5.75 Å². The van der Waals surface area contributed by atoms with Crippen LogP contribution in [0.3, 0.4) is 0 Å². The van der Waals surface area contributed by atoms with Gasteiger partial charge in [0, 0.05) is 18.0 Å². The first-order valence-electron chi connectivity index (χ1n) is 6.53. The molecule has 0 saturated carbocycles. The van der Waals surface area contributed by atoms with Crippen LogP contribution in [0, 0.1) is 5.21 Å². The van der Waals surface area contributed by atoms with Gasteiger partial charge in [-0.05, 0) is 42.0 Å². The number of carbonyl (C=O) groups is 1. The van der Waals surface area contributed by atoms with Crippen molar-refractivity contribution in [3.8, 4) is 5.75 Å². The monoisotopic (exact) mass is 284 g/mol. The number of ketones is 1. The Morgan fingerprint density at radius 3 is 2.52 bits per heavy atom. The number of Topliss-reactive ketones (excluding diaryl/α,β-unsaturated/α-hetero) is 1. The van der Waals surface area contributed by atoms with Crippen LogP contribution >= 0.6 is 0 Å². The molecule has 0 N–H and O–H groups in total. The van der Waals surface area contributed by atoms with Gasteiger partial charge >= 0.3 is 0 Å². The Hall–Kier alpha value is -2.69. The molecular formula is C16H16N2O3. The molecule has 0 spiro atoms. The average Bonchev–Trinajstić information content (AvgIpc) is 2.52. The molecule has 2 rings (SSSR count). The van der Waals surface area contributed by atoms with Gasteiger partial charge in [-0.1, -0.05) is 0 Å². The van der Waals surface area contributed by atoms with E-state index in [9.17, 15) is 10.0 Å². The summed E-state index contributed by atoms with van der Waals surface area (Å²) in [6, 6.07) is 10.6. The van der Waals surface area contributed by atoms with Crippen LogP contribution in [0.1, 0.15) is 22.3 Å². The fourth-order valence-electron chi connectivity index (χ4n) is 1.71. The van der Waals surface area contributed by atoms with E-state index >= 15 is 0 Å². The molecular weight excluding hydrogens is 268 g/mol. The summed E-state index contributed by atoms with van der Waals surface area (Å²) in [5, 5.41) is 10.7. The number of carbonyl (C=O) groups excluding carboxylic acids is 1. The van der Waals surface area contributed by atoms with Crippen molar-refractivity contribution < 1.29 is 14.3 Å². The summed E-state index contributed by atoms with van der Waals surface area (Å²) < 4.78 is 6.25. The zero-order valence-corrected chi connectivity index (χ0v) is 11.7. The molecule has 21 heavy (non-hydrogen) atoms. The maximum absolute atomic E-state index is 11.8. The number of ether oxygens (including phenoxy) is 1. The van der Waals surface area contributed by atoms with Gasteiger partial charge in [0.05, 0.1) is 6.42 Å². The summed E-state index contributed by atoms with van der Waals surface area (Å²) in [7, 11) is 1.35. The van der Waals surface area contributed by atoms with Crippen LogP contribution in [0.2, 0.25) is 0 Å². The molecule has 0 unspecified atom stereocenters. The minimum atomic E-state index is -0.0987. The van der Waals surface area contributed by atoms with Gasteiger partial charge in [-0.2, -0.15) is 0 Å². The van der Waals surface area contributed by atoms with Gasteiger partial charge in [0.1, 0.15) is 19.4 Å². The topological polar surface area (TPSA) is 65.3 Å². The fraction of sp³-hybridized carbons (Fsp3) is 0.188. The lowest BCUT2D eigenvalue weighted by atomic mass is 10.1. The van der Waals surface area contributed by atoms with E-state index in [2.05, 4.69) is 4.98 Å². The van der Waals surface area contributed by atoms with Crippen LogP contribution in [-0.2, 0) is 6.61 Å². The first-order chi connectivity index (χ1) is 10.1. The largest absolute Gasteiger partial charge is 0.624 e. The van der Waals surface area contributed by atoms with E-state index in [1.54, 1.807) is 36.7 Å². The second kappa shape index (κ2) is 7.19. The van der Waals surface area contributed by atoms with Crippen molar-refractivity contribution in [1.29, 1.82) is 0 Å². The van der Waals surface area contributed by atoms with Gasteiger partial charge in [0.15, 0.2) is 12.0 Å². The third kappa shape index (κ3) is 4.72. The Morgan fingerprint density at radius 1 is 1.24 bits per heavy atom. The number of pyridine rings is 1. The standard InChI is InChI=1S/C16H16N2O3/c1-18(20)11-8-16(19)14-2-4-15(5-3-14)21-12-13-6-9-17-10-7-13/h2-7,9-11H,8,12H2,1H3/b18-11-. The van der Waals surface area contributed by atoms with E-state index in [4.69, 9.17) is 4.74 Å². The van der Waals surface area contributed by atoms with Gasteiger partial charge in [-0.15, -0.1) is 0 Å². The molecule has 1 aromatic carbocycles. The van der Waals surface area contributed by atoms with Crippen molar-refractivity contribution >= 4 is 12.0 Å². The Balaban J connectivity index is 1.93. The van der Waals surface area contributed by atoms with E-state index in [1.807, 2.05) is 12.1 Å². The van der Waals surface area contributed by atoms with Crippen molar-refractivity contribution in [3.63, 3.8) is 0 Å². The predicted octanol–water partition coefficient (Wildman–Crippen LogP) is 2.44. The highest BCUT2D eigenvalue weighted by Crippen LogP contribution is 2.15. The molecule has 2 aromatic rings. The highest BCUT2D eigenvalue weighted by Gasteiger charge is 2.06. The quantitative estimate of drug-likeness (QED) is 0.269. The molecule has 1 aromatic heterocycles. The number of hydrogen-bond donors (Lipinski definition) is 0. The van der Waals surface area contributed by atoms with E-state index in [0.29, 0.717) is 22.7 Å². The predicted molar refractivity (Wildman–Crippen MR) is 79.6 cm³/mol. The van der Waals surface area contributed by atoms with E-state index < -0.39 is 0 Å². The van der Waals surface area contributed by atoms with Crippen LogP contribution in [0.15, 0.2) is 48.8 Å². The molecule has 0 aliphatic carbocycles. The van der Waals surface area contributed by atoms with Gasteiger partial charge in [-0.3, -0.25) is 9.78 Å². The van der Waals surface area contributed by atoms with Gasteiger partial charge in [-0.25, -0.2) is 4.74 Å². The zero-order chi connectivity index (χ0) is 15.1. The molecule has 0 saturated heterocycles. The average molecular weight is 284 g/mol. The van der Waals surface area contributed by atoms with Gasteiger partial charge in [0.2, 0.25) is 0 Å². The Bertz CT molecular complexity index is 618. The Morgan fingerprint density at radius 2 is 1.90 bits per heavy atom. The van der Waals surface area contributed by atoms with Gasteiger partial charge in [0.25, 0.3) is 0 Å². The number of aromatic nitrogens is 1. The van der Waals surface area contributed by atoms with Crippen molar-refractivity contribution in [2.45, 2.75) is 13.0 Å². The van der Waals surface area contributed by atoms with Crippen LogP contribution < -0.4 is 4.74 Å². The third-order valence-electron chi connectivity index (χ3n) is 2.86. The summed E-state index contributed by atoms with van der Waals surface area (Å²) >= 11 is 0. The van der Waals surface area contributed by atoms with Crippen LogP contribution in [-0.4, -0.2) is 28.8 Å². The number of benzene rings is 1. The number of rotatable bonds is 6. The molecule has 0 radical (unpaired) electrons. The number of hydrogen-bond acceptors (Lipinski definition) is 4. The molecule has 0 fully saturated rings. The van der Waals surface area contributed by atoms with E-state index in [-0.39, 0.29) is 12.2 Å². The lowest BCUT2D eigenvalue weighted by molar-refractivity contribution is -0.418. The molecule has 5 nitrogen and oxygen atoms in total. The number of nitrogens with zero attached hydrogens (tertiary/aromatic N) is 2. The molecule has 108 valence electrons.